The van der Waals surface area contributed by atoms with E-state index in [4.69, 9.17) is 9.47 Å². The minimum Gasteiger partial charge on any atom is -0.457 e. The Bertz CT molecular complexity index is 1290. The van der Waals surface area contributed by atoms with Gasteiger partial charge in [-0.3, -0.25) is 9.59 Å². The molecule has 0 aromatic heterocycles. The van der Waals surface area contributed by atoms with E-state index in [-0.39, 0.29) is 9.79 Å². The quantitative estimate of drug-likeness (QED) is 0.314. The van der Waals surface area contributed by atoms with Gasteiger partial charge in [-0.2, -0.15) is 0 Å². The van der Waals surface area contributed by atoms with E-state index in [1.165, 1.54) is 48.5 Å². The Morgan fingerprint density at radius 1 is 0.515 bits per heavy atom. The molecule has 0 amide bonds. The largest absolute Gasteiger partial charge is 0.457 e. The van der Waals surface area contributed by atoms with Crippen LogP contribution in [0.2, 0.25) is 0 Å². The third-order valence-electron chi connectivity index (χ3n) is 4.82. The van der Waals surface area contributed by atoms with Crippen LogP contribution in [0.15, 0.2) is 107 Å². The van der Waals surface area contributed by atoms with Crippen molar-refractivity contribution in [3.05, 3.63) is 108 Å². The first-order valence-corrected chi connectivity index (χ1v) is 11.4. The van der Waals surface area contributed by atoms with E-state index in [1.54, 1.807) is 48.5 Å². The van der Waals surface area contributed by atoms with Crippen LogP contribution < -0.4 is 9.47 Å². The molecule has 0 fully saturated rings. The summed E-state index contributed by atoms with van der Waals surface area (Å²) in [5.41, 5.74) is 0.791. The van der Waals surface area contributed by atoms with Gasteiger partial charge in [-0.15, -0.1) is 0 Å². The average Bonchev–Trinajstić information content (AvgIpc) is 2.85. The molecule has 164 valence electrons. The normalized spacial score (nSPS) is 10.9. The van der Waals surface area contributed by atoms with Crippen LogP contribution in [-0.4, -0.2) is 21.0 Å². The predicted octanol–water partition coefficient (Wildman–Crippen LogP) is 5.73. The second-order valence-corrected chi connectivity index (χ2v) is 8.91. The summed E-state index contributed by atoms with van der Waals surface area (Å²) in [6.07, 6.45) is 1.39. The van der Waals surface area contributed by atoms with E-state index in [0.29, 0.717) is 46.7 Å². The Kier molecular flexibility index (Phi) is 6.33. The molecule has 0 aliphatic rings. The Balaban J connectivity index is 1.52. The van der Waals surface area contributed by atoms with Gasteiger partial charge in [0, 0.05) is 0 Å². The molecule has 33 heavy (non-hydrogen) atoms. The number of benzene rings is 4. The minimum absolute atomic E-state index is 0.0958. The van der Waals surface area contributed by atoms with Crippen molar-refractivity contribution in [3.63, 3.8) is 0 Å². The molecular weight excluding hydrogens is 440 g/mol. The fraction of sp³-hybridized carbons (Fsp3) is 0. The van der Waals surface area contributed by atoms with E-state index < -0.39 is 9.84 Å². The van der Waals surface area contributed by atoms with Crippen molar-refractivity contribution >= 4 is 22.4 Å². The molecule has 0 spiro atoms. The van der Waals surface area contributed by atoms with Gasteiger partial charge in [-0.25, -0.2) is 8.42 Å². The van der Waals surface area contributed by atoms with Gasteiger partial charge in [-0.05, 0) is 72.8 Å². The van der Waals surface area contributed by atoms with E-state index in [9.17, 15) is 18.0 Å². The third kappa shape index (κ3) is 4.83. The van der Waals surface area contributed by atoms with Gasteiger partial charge in [0.05, 0.1) is 20.9 Å². The van der Waals surface area contributed by atoms with Crippen LogP contribution >= 0.6 is 0 Å². The molecule has 0 radical (unpaired) electrons. The monoisotopic (exact) mass is 458 g/mol. The highest BCUT2D eigenvalue weighted by Gasteiger charge is 2.18. The lowest BCUT2D eigenvalue weighted by Crippen LogP contribution is -2.02. The number of ether oxygens (including phenoxy) is 2. The number of carbonyl (C=O) groups excluding carboxylic acids is 2. The molecule has 0 heterocycles. The van der Waals surface area contributed by atoms with Gasteiger partial charge in [0.2, 0.25) is 9.84 Å². The molecule has 0 bridgehead atoms. The van der Waals surface area contributed by atoms with Crippen LogP contribution in [-0.2, 0) is 9.84 Å². The Morgan fingerprint density at radius 2 is 0.879 bits per heavy atom. The Morgan fingerprint density at radius 3 is 1.24 bits per heavy atom. The summed E-state index contributed by atoms with van der Waals surface area (Å²) in [5, 5.41) is 0. The van der Waals surface area contributed by atoms with Crippen LogP contribution in [0.5, 0.6) is 23.0 Å². The number of aldehydes is 2. The van der Waals surface area contributed by atoms with Gasteiger partial charge < -0.3 is 9.47 Å². The first-order valence-electron chi connectivity index (χ1n) is 9.90. The molecule has 4 rings (SSSR count). The van der Waals surface area contributed by atoms with Crippen molar-refractivity contribution in [2.45, 2.75) is 9.79 Å². The highest BCUT2D eigenvalue weighted by molar-refractivity contribution is 7.91. The van der Waals surface area contributed by atoms with Crippen molar-refractivity contribution in [2.24, 2.45) is 0 Å². The molecule has 0 atom stereocenters. The number of hydrogen-bond acceptors (Lipinski definition) is 6. The first kappa shape index (κ1) is 22.0. The zero-order chi connectivity index (χ0) is 23.3. The standard InChI is InChI=1S/C26H18O6S/c27-17-19-5-1-3-7-25(19)31-21-9-13-23(14-10-21)33(29,30)24-15-11-22(12-16-24)32-26-8-4-2-6-20(26)18-28/h1-18H. The van der Waals surface area contributed by atoms with Crippen LogP contribution in [0.4, 0.5) is 0 Å². The molecule has 0 saturated carbocycles. The summed E-state index contributed by atoms with van der Waals surface area (Å²) in [6.45, 7) is 0. The summed E-state index contributed by atoms with van der Waals surface area (Å²) in [4.78, 5) is 22.5. The smallest absolute Gasteiger partial charge is 0.206 e. The lowest BCUT2D eigenvalue weighted by molar-refractivity contribution is 0.111. The van der Waals surface area contributed by atoms with E-state index in [1.807, 2.05) is 0 Å². The SMILES string of the molecule is O=Cc1ccccc1Oc1ccc(S(=O)(=O)c2ccc(Oc3ccccc3C=O)cc2)cc1. The summed E-state index contributed by atoms with van der Waals surface area (Å²) >= 11 is 0. The number of rotatable bonds is 8. The number of carbonyl (C=O) groups is 2. The van der Waals surface area contributed by atoms with Gasteiger partial charge >= 0.3 is 0 Å². The Labute approximate surface area is 191 Å². The van der Waals surface area contributed by atoms with Crippen molar-refractivity contribution in [1.29, 1.82) is 0 Å². The summed E-state index contributed by atoms with van der Waals surface area (Å²) in [6, 6.07) is 25.4. The molecule has 0 aliphatic heterocycles. The van der Waals surface area contributed by atoms with Crippen molar-refractivity contribution in [2.75, 3.05) is 0 Å². The van der Waals surface area contributed by atoms with Crippen LogP contribution in [0, 0.1) is 0 Å². The maximum Gasteiger partial charge on any atom is 0.206 e. The highest BCUT2D eigenvalue weighted by Crippen LogP contribution is 2.29. The van der Waals surface area contributed by atoms with E-state index in [2.05, 4.69) is 0 Å². The first-order chi connectivity index (χ1) is 16.0. The zero-order valence-corrected chi connectivity index (χ0v) is 18.1. The molecule has 0 aliphatic carbocycles. The maximum absolute atomic E-state index is 13.0. The second kappa shape index (κ2) is 9.50. The van der Waals surface area contributed by atoms with Crippen molar-refractivity contribution in [1.82, 2.24) is 0 Å². The topological polar surface area (TPSA) is 86.7 Å². The maximum atomic E-state index is 13.0. The van der Waals surface area contributed by atoms with Crippen molar-refractivity contribution in [3.8, 4) is 23.0 Å². The van der Waals surface area contributed by atoms with E-state index >= 15 is 0 Å². The summed E-state index contributed by atoms with van der Waals surface area (Å²) in [5.74, 6) is 1.58. The van der Waals surface area contributed by atoms with Crippen LogP contribution in [0.1, 0.15) is 20.7 Å². The van der Waals surface area contributed by atoms with E-state index in [0.717, 1.165) is 0 Å². The fourth-order valence-corrected chi connectivity index (χ4v) is 4.37. The molecule has 6 nitrogen and oxygen atoms in total. The third-order valence-corrected chi connectivity index (χ3v) is 6.60. The van der Waals surface area contributed by atoms with Gasteiger partial charge in [0.15, 0.2) is 12.6 Å². The molecule has 0 unspecified atom stereocenters. The number of hydrogen-bond donors (Lipinski definition) is 0. The molecule has 4 aromatic rings. The summed E-state index contributed by atoms with van der Waals surface area (Å²) in [7, 11) is -3.77. The van der Waals surface area contributed by atoms with Crippen LogP contribution in [0.25, 0.3) is 0 Å². The van der Waals surface area contributed by atoms with Gasteiger partial charge in [-0.1, -0.05) is 24.3 Å². The molecule has 4 aromatic carbocycles. The lowest BCUT2D eigenvalue weighted by Gasteiger charge is -2.10. The van der Waals surface area contributed by atoms with Gasteiger partial charge in [0.25, 0.3) is 0 Å². The highest BCUT2D eigenvalue weighted by atomic mass is 32.2. The minimum atomic E-state index is -3.77. The number of sulfone groups is 1. The molecule has 7 heteroatoms. The van der Waals surface area contributed by atoms with Crippen molar-refractivity contribution < 1.29 is 27.5 Å². The fourth-order valence-electron chi connectivity index (χ4n) is 3.11. The summed E-state index contributed by atoms with van der Waals surface area (Å²) < 4.78 is 37.4. The molecular formula is C26H18O6S. The van der Waals surface area contributed by atoms with Crippen LogP contribution in [0.3, 0.4) is 0 Å². The zero-order valence-electron chi connectivity index (χ0n) is 17.3. The van der Waals surface area contributed by atoms with Gasteiger partial charge in [0.1, 0.15) is 23.0 Å². The second-order valence-electron chi connectivity index (χ2n) is 6.96. The molecule has 0 N–H and O–H groups in total. The number of para-hydroxylation sites is 2. The lowest BCUT2D eigenvalue weighted by atomic mass is 10.2. The molecule has 0 saturated heterocycles. The average molecular weight is 458 g/mol. The Hall–Kier alpha value is -4.23. The predicted molar refractivity (Wildman–Crippen MR) is 122 cm³/mol.